The van der Waals surface area contributed by atoms with Gasteiger partial charge in [-0.3, -0.25) is 4.79 Å². The maximum atomic E-state index is 12.6. The number of aromatic nitrogens is 3. The Morgan fingerprint density at radius 3 is 2.12 bits per heavy atom. The normalized spacial score (nSPS) is 10.8. The van der Waals surface area contributed by atoms with Crippen LogP contribution in [0.1, 0.15) is 5.76 Å². The Morgan fingerprint density at radius 1 is 0.880 bits per heavy atom. The number of rotatable bonds is 3. The summed E-state index contributed by atoms with van der Waals surface area (Å²) in [6.07, 6.45) is 0. The van der Waals surface area contributed by atoms with Crippen LogP contribution in [0.15, 0.2) is 76.0 Å². The van der Waals surface area contributed by atoms with Gasteiger partial charge >= 0.3 is 0 Å². The highest BCUT2D eigenvalue weighted by Gasteiger charge is 2.21. The number of nitrogens with zero attached hydrogens (tertiary/aromatic N) is 2. The van der Waals surface area contributed by atoms with E-state index in [1.54, 1.807) is 13.0 Å². The summed E-state index contributed by atoms with van der Waals surface area (Å²) in [4.78, 5) is 12.6. The summed E-state index contributed by atoms with van der Waals surface area (Å²) in [5.41, 5.74) is 3.90. The summed E-state index contributed by atoms with van der Waals surface area (Å²) >= 11 is 0. The Morgan fingerprint density at radius 2 is 1.52 bits per heavy atom. The lowest BCUT2D eigenvalue weighted by atomic mass is 9.94. The van der Waals surface area contributed by atoms with Crippen LogP contribution in [0, 0.1) is 6.92 Å². The molecular formula is C20H15N3O2. The predicted molar refractivity (Wildman–Crippen MR) is 96.0 cm³/mol. The number of aryl methyl sites for hydroxylation is 1. The molecule has 0 saturated heterocycles. The molecule has 0 fully saturated rings. The van der Waals surface area contributed by atoms with Crippen LogP contribution in [0.5, 0.6) is 0 Å². The minimum Gasteiger partial charge on any atom is -0.361 e. The average Bonchev–Trinajstić information content (AvgIpc) is 3.09. The largest absolute Gasteiger partial charge is 0.361 e. The first-order chi connectivity index (χ1) is 12.2. The van der Waals surface area contributed by atoms with E-state index in [-0.39, 0.29) is 5.56 Å². The maximum absolute atomic E-state index is 12.6. The minimum absolute atomic E-state index is 0.299. The molecule has 2 aromatic carbocycles. The van der Waals surface area contributed by atoms with Gasteiger partial charge in [-0.05, 0) is 12.5 Å². The lowest BCUT2D eigenvalue weighted by molar-refractivity contribution is 0.399. The lowest BCUT2D eigenvalue weighted by Gasteiger charge is -2.12. The predicted octanol–water partition coefficient (Wildman–Crippen LogP) is 4.07. The molecule has 0 unspecified atom stereocenters. The number of nitrogens with one attached hydrogen (secondary N) is 1. The monoisotopic (exact) mass is 329 g/mol. The van der Waals surface area contributed by atoms with Crippen molar-refractivity contribution in [1.29, 1.82) is 0 Å². The highest BCUT2D eigenvalue weighted by molar-refractivity contribution is 5.91. The van der Waals surface area contributed by atoms with Crippen molar-refractivity contribution in [3.8, 4) is 33.6 Å². The molecule has 0 aliphatic heterocycles. The molecule has 0 aliphatic rings. The van der Waals surface area contributed by atoms with Gasteiger partial charge in [0.25, 0.3) is 5.56 Å². The van der Waals surface area contributed by atoms with Crippen molar-refractivity contribution >= 4 is 0 Å². The molecule has 0 bridgehead atoms. The van der Waals surface area contributed by atoms with Gasteiger partial charge in [-0.15, -0.1) is 0 Å². The molecule has 0 saturated carbocycles. The van der Waals surface area contributed by atoms with Crippen LogP contribution >= 0.6 is 0 Å². The second-order valence-electron chi connectivity index (χ2n) is 5.71. The van der Waals surface area contributed by atoms with E-state index in [0.717, 1.165) is 16.7 Å². The molecular weight excluding hydrogens is 314 g/mol. The number of benzene rings is 2. The van der Waals surface area contributed by atoms with E-state index in [4.69, 9.17) is 4.52 Å². The summed E-state index contributed by atoms with van der Waals surface area (Å²) in [7, 11) is 0. The van der Waals surface area contributed by atoms with E-state index in [1.807, 2.05) is 60.7 Å². The van der Waals surface area contributed by atoms with Crippen molar-refractivity contribution in [3.05, 3.63) is 82.8 Å². The summed E-state index contributed by atoms with van der Waals surface area (Å²) in [5.74, 6) is 0.645. The van der Waals surface area contributed by atoms with Gasteiger partial charge in [0.1, 0.15) is 11.5 Å². The number of hydrogen-bond donors (Lipinski definition) is 1. The third kappa shape index (κ3) is 2.76. The van der Waals surface area contributed by atoms with E-state index < -0.39 is 0 Å². The Balaban J connectivity index is 2.09. The summed E-state index contributed by atoms with van der Waals surface area (Å²) in [6.45, 7) is 1.80. The van der Waals surface area contributed by atoms with E-state index >= 15 is 0 Å². The zero-order chi connectivity index (χ0) is 17.2. The van der Waals surface area contributed by atoms with Gasteiger partial charge in [-0.25, -0.2) is 5.10 Å². The first-order valence-corrected chi connectivity index (χ1v) is 7.91. The topological polar surface area (TPSA) is 71.8 Å². The van der Waals surface area contributed by atoms with E-state index in [9.17, 15) is 4.79 Å². The van der Waals surface area contributed by atoms with Crippen LogP contribution in [-0.4, -0.2) is 15.4 Å². The van der Waals surface area contributed by atoms with Crippen molar-refractivity contribution in [1.82, 2.24) is 15.4 Å². The van der Waals surface area contributed by atoms with E-state index in [0.29, 0.717) is 22.7 Å². The molecule has 0 amide bonds. The summed E-state index contributed by atoms with van der Waals surface area (Å²) < 4.78 is 5.19. The average molecular weight is 329 g/mol. The van der Waals surface area contributed by atoms with E-state index in [1.165, 1.54) is 0 Å². The Hall–Kier alpha value is -3.47. The smallest absolute Gasteiger partial charge is 0.274 e. The fraction of sp³-hybridized carbons (Fsp3) is 0.0500. The zero-order valence-electron chi connectivity index (χ0n) is 13.6. The van der Waals surface area contributed by atoms with Gasteiger partial charge in [0, 0.05) is 17.2 Å². The van der Waals surface area contributed by atoms with E-state index in [2.05, 4.69) is 15.4 Å². The molecule has 0 atom stereocenters. The number of hydrogen-bond acceptors (Lipinski definition) is 4. The van der Waals surface area contributed by atoms with Gasteiger partial charge in [0.15, 0.2) is 0 Å². The van der Waals surface area contributed by atoms with Gasteiger partial charge in [0.05, 0.1) is 11.3 Å². The third-order valence-corrected chi connectivity index (χ3v) is 3.98. The molecule has 5 heteroatoms. The summed E-state index contributed by atoms with van der Waals surface area (Å²) in [5, 5.41) is 11.0. The van der Waals surface area contributed by atoms with Crippen LogP contribution in [0.4, 0.5) is 0 Å². The SMILES string of the molecule is Cc1cc(-c2c(-c3ccccc3)c(-c3ccccc3)n[nH]c2=O)no1. The van der Waals surface area contributed by atoms with Crippen molar-refractivity contribution in [2.24, 2.45) is 0 Å². The number of H-pyrrole nitrogens is 1. The second kappa shape index (κ2) is 6.20. The molecule has 4 aromatic rings. The highest BCUT2D eigenvalue weighted by atomic mass is 16.5. The second-order valence-corrected chi connectivity index (χ2v) is 5.71. The fourth-order valence-electron chi connectivity index (χ4n) is 2.87. The maximum Gasteiger partial charge on any atom is 0.274 e. The molecule has 2 aromatic heterocycles. The highest BCUT2D eigenvalue weighted by Crippen LogP contribution is 2.35. The standard InChI is InChI=1S/C20H15N3O2/c1-13-12-16(23-25-13)18-17(14-8-4-2-5-9-14)19(21-22-20(18)24)15-10-6-3-7-11-15/h2-12H,1H3,(H,22,24). The molecule has 4 rings (SSSR count). The van der Waals surface area contributed by atoms with Crippen molar-refractivity contribution in [2.75, 3.05) is 0 Å². The Kier molecular flexibility index (Phi) is 3.74. The van der Waals surface area contributed by atoms with Crippen LogP contribution in [0.25, 0.3) is 33.6 Å². The number of aromatic amines is 1. The van der Waals surface area contributed by atoms with Gasteiger partial charge < -0.3 is 4.52 Å². The Bertz CT molecular complexity index is 1070. The van der Waals surface area contributed by atoms with Gasteiger partial charge in [0.2, 0.25) is 0 Å². The van der Waals surface area contributed by atoms with Crippen LogP contribution in [0.3, 0.4) is 0 Å². The molecule has 0 radical (unpaired) electrons. The quantitative estimate of drug-likeness (QED) is 0.615. The molecule has 122 valence electrons. The first kappa shape index (κ1) is 15.1. The third-order valence-electron chi connectivity index (χ3n) is 3.98. The molecule has 2 heterocycles. The van der Waals surface area contributed by atoms with Crippen LogP contribution in [0.2, 0.25) is 0 Å². The molecule has 25 heavy (non-hydrogen) atoms. The van der Waals surface area contributed by atoms with Crippen LogP contribution < -0.4 is 5.56 Å². The van der Waals surface area contributed by atoms with Gasteiger partial charge in [-0.1, -0.05) is 65.8 Å². The molecule has 0 spiro atoms. The Labute approximate surface area is 144 Å². The van der Waals surface area contributed by atoms with Crippen molar-refractivity contribution < 1.29 is 4.52 Å². The van der Waals surface area contributed by atoms with Gasteiger partial charge in [-0.2, -0.15) is 5.10 Å². The molecule has 5 nitrogen and oxygen atoms in total. The van der Waals surface area contributed by atoms with Crippen LogP contribution in [-0.2, 0) is 0 Å². The first-order valence-electron chi connectivity index (χ1n) is 7.91. The minimum atomic E-state index is -0.299. The molecule has 1 N–H and O–H groups in total. The zero-order valence-corrected chi connectivity index (χ0v) is 13.6. The molecule has 0 aliphatic carbocycles. The van der Waals surface area contributed by atoms with Crippen molar-refractivity contribution in [3.63, 3.8) is 0 Å². The fourth-order valence-corrected chi connectivity index (χ4v) is 2.87. The summed E-state index contributed by atoms with van der Waals surface area (Å²) in [6, 6.07) is 21.2. The van der Waals surface area contributed by atoms with Crippen molar-refractivity contribution in [2.45, 2.75) is 6.92 Å². The lowest BCUT2D eigenvalue weighted by Crippen LogP contribution is -2.14.